The average Bonchev–Trinajstić information content (AvgIpc) is 2.84. The lowest BCUT2D eigenvalue weighted by Crippen LogP contribution is -2.08. The monoisotopic (exact) mass is 240 g/mol. The van der Waals surface area contributed by atoms with Gasteiger partial charge in [-0.3, -0.25) is 0 Å². The fraction of sp³-hybridized carbons (Fsp3) is 0.636. The number of aromatic carboxylic acids is 1. The molecule has 1 fully saturated rings. The molecule has 1 heterocycles. The summed E-state index contributed by atoms with van der Waals surface area (Å²) in [6.45, 7) is 0. The van der Waals surface area contributed by atoms with Crippen LogP contribution >= 0.6 is 11.8 Å². The number of thioether (sulfide) groups is 1. The van der Waals surface area contributed by atoms with Crippen LogP contribution in [0.1, 0.15) is 47.8 Å². The molecule has 0 spiro atoms. The van der Waals surface area contributed by atoms with Crippen molar-refractivity contribution in [3.05, 3.63) is 11.4 Å². The fourth-order valence-electron chi connectivity index (χ4n) is 2.50. The SMILES string of the molecule is CSc1nc(C(=O)O)c(C2CCCC2)n1C. The van der Waals surface area contributed by atoms with Crippen molar-refractivity contribution in [2.24, 2.45) is 7.05 Å². The minimum atomic E-state index is -0.905. The van der Waals surface area contributed by atoms with Gasteiger partial charge in [-0.15, -0.1) is 0 Å². The molecule has 0 amide bonds. The molecule has 0 radical (unpaired) electrons. The van der Waals surface area contributed by atoms with Gasteiger partial charge in [-0.1, -0.05) is 24.6 Å². The molecular weight excluding hydrogens is 224 g/mol. The lowest BCUT2D eigenvalue weighted by atomic mass is 10.0. The molecule has 1 aliphatic rings. The zero-order valence-electron chi connectivity index (χ0n) is 9.56. The standard InChI is InChI=1S/C11H16N2O2S/c1-13-9(7-5-3-4-6-7)8(10(14)15)12-11(13)16-2/h7H,3-6H2,1-2H3,(H,14,15). The molecule has 0 atom stereocenters. The molecule has 5 heteroatoms. The Labute approximate surface area is 99.1 Å². The number of hydrogen-bond acceptors (Lipinski definition) is 3. The molecule has 0 saturated heterocycles. The van der Waals surface area contributed by atoms with E-state index in [0.717, 1.165) is 23.7 Å². The van der Waals surface area contributed by atoms with Crippen LogP contribution in [0.25, 0.3) is 0 Å². The molecule has 88 valence electrons. The predicted octanol–water partition coefficient (Wildman–Crippen LogP) is 2.50. The third-order valence-corrected chi connectivity index (χ3v) is 3.96. The van der Waals surface area contributed by atoms with Crippen molar-refractivity contribution in [3.63, 3.8) is 0 Å². The minimum absolute atomic E-state index is 0.249. The summed E-state index contributed by atoms with van der Waals surface area (Å²) in [5, 5.41) is 9.97. The number of rotatable bonds is 3. The van der Waals surface area contributed by atoms with Crippen LogP contribution in [0.3, 0.4) is 0 Å². The topological polar surface area (TPSA) is 55.1 Å². The summed E-state index contributed by atoms with van der Waals surface area (Å²) in [4.78, 5) is 15.4. The zero-order chi connectivity index (χ0) is 11.7. The highest BCUT2D eigenvalue weighted by Crippen LogP contribution is 2.37. The molecule has 1 aromatic heterocycles. The summed E-state index contributed by atoms with van der Waals surface area (Å²) in [7, 11) is 1.92. The van der Waals surface area contributed by atoms with Gasteiger partial charge in [0.25, 0.3) is 0 Å². The van der Waals surface area contributed by atoms with Crippen molar-refractivity contribution in [1.82, 2.24) is 9.55 Å². The number of carboxylic acid groups (broad SMARTS) is 1. The molecule has 2 rings (SSSR count). The van der Waals surface area contributed by atoms with E-state index in [2.05, 4.69) is 4.98 Å². The molecule has 0 aliphatic heterocycles. The van der Waals surface area contributed by atoms with Crippen molar-refractivity contribution in [2.75, 3.05) is 6.26 Å². The van der Waals surface area contributed by atoms with Crippen molar-refractivity contribution < 1.29 is 9.90 Å². The second kappa shape index (κ2) is 4.49. The van der Waals surface area contributed by atoms with Gasteiger partial charge in [-0.2, -0.15) is 0 Å². The predicted molar refractivity (Wildman–Crippen MR) is 63.2 cm³/mol. The Balaban J connectivity index is 2.47. The van der Waals surface area contributed by atoms with Crippen LogP contribution in [0.15, 0.2) is 5.16 Å². The van der Waals surface area contributed by atoms with E-state index < -0.39 is 5.97 Å². The number of nitrogens with zero attached hydrogens (tertiary/aromatic N) is 2. The van der Waals surface area contributed by atoms with E-state index >= 15 is 0 Å². The first kappa shape index (κ1) is 11.5. The minimum Gasteiger partial charge on any atom is -0.476 e. The van der Waals surface area contributed by atoms with E-state index in [1.807, 2.05) is 17.9 Å². The normalized spacial score (nSPS) is 16.9. The molecule has 0 aromatic carbocycles. The Morgan fingerprint density at radius 1 is 1.50 bits per heavy atom. The van der Waals surface area contributed by atoms with Gasteiger partial charge in [0.15, 0.2) is 10.9 Å². The van der Waals surface area contributed by atoms with Gasteiger partial charge in [-0.25, -0.2) is 9.78 Å². The molecule has 16 heavy (non-hydrogen) atoms. The molecule has 1 saturated carbocycles. The third kappa shape index (κ3) is 1.84. The maximum Gasteiger partial charge on any atom is 0.356 e. The van der Waals surface area contributed by atoms with Gasteiger partial charge in [0.2, 0.25) is 0 Å². The highest BCUT2D eigenvalue weighted by Gasteiger charge is 2.28. The summed E-state index contributed by atoms with van der Waals surface area (Å²) in [5.74, 6) is -0.526. The van der Waals surface area contributed by atoms with Crippen LogP contribution in [-0.2, 0) is 7.05 Å². The van der Waals surface area contributed by atoms with Crippen molar-refractivity contribution in [1.29, 1.82) is 0 Å². The quantitative estimate of drug-likeness (QED) is 0.825. The van der Waals surface area contributed by atoms with E-state index in [4.69, 9.17) is 0 Å². The van der Waals surface area contributed by atoms with Gasteiger partial charge in [-0.05, 0) is 19.1 Å². The van der Waals surface area contributed by atoms with E-state index in [0.29, 0.717) is 5.92 Å². The largest absolute Gasteiger partial charge is 0.476 e. The first-order chi connectivity index (χ1) is 7.65. The smallest absolute Gasteiger partial charge is 0.356 e. The molecule has 1 N–H and O–H groups in total. The highest BCUT2D eigenvalue weighted by molar-refractivity contribution is 7.98. The van der Waals surface area contributed by atoms with E-state index in [1.165, 1.54) is 24.6 Å². The van der Waals surface area contributed by atoms with Crippen molar-refractivity contribution in [2.45, 2.75) is 36.8 Å². The number of aromatic nitrogens is 2. The van der Waals surface area contributed by atoms with E-state index in [1.54, 1.807) is 0 Å². The Kier molecular flexibility index (Phi) is 3.23. The Bertz CT molecular complexity index is 408. The molecular formula is C11H16N2O2S. The molecule has 1 aliphatic carbocycles. The second-order valence-corrected chi connectivity index (χ2v) is 4.95. The van der Waals surface area contributed by atoms with Crippen LogP contribution in [0.2, 0.25) is 0 Å². The zero-order valence-corrected chi connectivity index (χ0v) is 10.4. The maximum atomic E-state index is 11.2. The Hall–Kier alpha value is -0.970. The van der Waals surface area contributed by atoms with Gasteiger partial charge in [0, 0.05) is 13.0 Å². The summed E-state index contributed by atoms with van der Waals surface area (Å²) in [5.41, 5.74) is 1.16. The number of carboxylic acids is 1. The van der Waals surface area contributed by atoms with Crippen LogP contribution in [0, 0.1) is 0 Å². The van der Waals surface area contributed by atoms with Crippen LogP contribution in [0.4, 0.5) is 0 Å². The van der Waals surface area contributed by atoms with Crippen LogP contribution in [-0.4, -0.2) is 26.9 Å². The molecule has 0 bridgehead atoms. The lowest BCUT2D eigenvalue weighted by molar-refractivity contribution is 0.0688. The molecule has 1 aromatic rings. The summed E-state index contributed by atoms with van der Waals surface area (Å²) in [6, 6.07) is 0. The van der Waals surface area contributed by atoms with Gasteiger partial charge < -0.3 is 9.67 Å². The maximum absolute atomic E-state index is 11.2. The summed E-state index contributed by atoms with van der Waals surface area (Å²) >= 11 is 1.50. The van der Waals surface area contributed by atoms with Crippen molar-refractivity contribution >= 4 is 17.7 Å². The average molecular weight is 240 g/mol. The van der Waals surface area contributed by atoms with Gasteiger partial charge in [0.1, 0.15) is 0 Å². The number of carbonyl (C=O) groups is 1. The molecule has 0 unspecified atom stereocenters. The van der Waals surface area contributed by atoms with Gasteiger partial charge in [0.05, 0.1) is 5.69 Å². The fourth-order valence-corrected chi connectivity index (χ4v) is 3.05. The first-order valence-electron chi connectivity index (χ1n) is 5.49. The first-order valence-corrected chi connectivity index (χ1v) is 6.71. The van der Waals surface area contributed by atoms with Crippen LogP contribution < -0.4 is 0 Å². The lowest BCUT2D eigenvalue weighted by Gasteiger charge is -2.11. The summed E-state index contributed by atoms with van der Waals surface area (Å²) in [6.07, 6.45) is 6.50. The summed E-state index contributed by atoms with van der Waals surface area (Å²) < 4.78 is 1.95. The van der Waals surface area contributed by atoms with Gasteiger partial charge >= 0.3 is 5.97 Å². The third-order valence-electron chi connectivity index (χ3n) is 3.23. The Morgan fingerprint density at radius 2 is 2.12 bits per heavy atom. The second-order valence-electron chi connectivity index (χ2n) is 4.18. The Morgan fingerprint density at radius 3 is 2.62 bits per heavy atom. The van der Waals surface area contributed by atoms with Crippen LogP contribution in [0.5, 0.6) is 0 Å². The number of hydrogen-bond donors (Lipinski definition) is 1. The molecule has 4 nitrogen and oxygen atoms in total. The highest BCUT2D eigenvalue weighted by atomic mass is 32.2. The van der Waals surface area contributed by atoms with E-state index in [9.17, 15) is 9.90 Å². The van der Waals surface area contributed by atoms with E-state index in [-0.39, 0.29) is 5.69 Å². The number of imidazole rings is 1. The van der Waals surface area contributed by atoms with Crippen molar-refractivity contribution in [3.8, 4) is 0 Å².